The smallest absolute Gasteiger partial charge is 0.240 e. The Labute approximate surface area is 186 Å². The van der Waals surface area contributed by atoms with Crippen LogP contribution in [0.4, 0.5) is 5.82 Å². The summed E-state index contributed by atoms with van der Waals surface area (Å²) in [6.07, 6.45) is 2.40. The molecule has 0 unspecified atom stereocenters. The number of hydrogen-bond donors (Lipinski definition) is 1. The van der Waals surface area contributed by atoms with Crippen LogP contribution in [0, 0.1) is 0 Å². The Morgan fingerprint density at radius 2 is 2.00 bits per heavy atom. The summed E-state index contributed by atoms with van der Waals surface area (Å²) in [7, 11) is 2.01. The molecule has 9 nitrogen and oxygen atoms in total. The highest BCUT2D eigenvalue weighted by atomic mass is 16.5. The third-order valence-corrected chi connectivity index (χ3v) is 6.20. The average Bonchev–Trinajstić information content (AvgIpc) is 3.38. The van der Waals surface area contributed by atoms with Crippen molar-refractivity contribution in [3.63, 3.8) is 0 Å². The zero-order valence-electron chi connectivity index (χ0n) is 18.3. The first-order valence-electron chi connectivity index (χ1n) is 11.1. The van der Waals surface area contributed by atoms with Crippen LogP contribution >= 0.6 is 0 Å². The van der Waals surface area contributed by atoms with Gasteiger partial charge in [0.15, 0.2) is 0 Å². The Balaban J connectivity index is 1.31. The molecule has 0 radical (unpaired) electrons. The first-order chi connectivity index (χ1) is 15.6. The summed E-state index contributed by atoms with van der Waals surface area (Å²) in [6, 6.07) is 10.1. The van der Waals surface area contributed by atoms with Gasteiger partial charge in [-0.3, -0.25) is 19.4 Å². The summed E-state index contributed by atoms with van der Waals surface area (Å²) in [5, 5.41) is 8.82. The Morgan fingerprint density at radius 1 is 1.19 bits per heavy atom. The monoisotopic (exact) mass is 436 g/mol. The number of rotatable bonds is 6. The van der Waals surface area contributed by atoms with Crippen LogP contribution in [0.15, 0.2) is 36.5 Å². The average molecular weight is 437 g/mol. The zero-order chi connectivity index (χ0) is 22.1. The Morgan fingerprint density at radius 3 is 2.84 bits per heavy atom. The van der Waals surface area contributed by atoms with E-state index in [0.29, 0.717) is 25.3 Å². The minimum atomic E-state index is -0.159. The van der Waals surface area contributed by atoms with Crippen molar-refractivity contribution in [2.24, 2.45) is 7.05 Å². The Hall–Kier alpha value is -3.17. The maximum absolute atomic E-state index is 12.7. The van der Waals surface area contributed by atoms with Gasteiger partial charge in [-0.25, -0.2) is 4.68 Å². The third-order valence-electron chi connectivity index (χ3n) is 6.20. The van der Waals surface area contributed by atoms with Crippen LogP contribution in [0.2, 0.25) is 0 Å². The van der Waals surface area contributed by atoms with E-state index in [0.717, 1.165) is 55.0 Å². The van der Waals surface area contributed by atoms with Gasteiger partial charge in [0.1, 0.15) is 12.4 Å². The fourth-order valence-electron chi connectivity index (χ4n) is 4.48. The van der Waals surface area contributed by atoms with E-state index in [2.05, 4.69) is 33.1 Å². The standard InChI is InChI=1S/C23H28N6O3/c1-26-15-18(17-4-2-3-5-20(17)26)19-14-22-28(23(31)6-8-29(22)25-19)16-21(30)24-7-9-27-10-12-32-13-11-27/h2-5,14-15H,6-13,16H2,1H3,(H,24,30). The lowest BCUT2D eigenvalue weighted by atomic mass is 10.1. The highest BCUT2D eigenvalue weighted by molar-refractivity contribution is 6.00. The summed E-state index contributed by atoms with van der Waals surface area (Å²) >= 11 is 0. The fourth-order valence-corrected chi connectivity index (χ4v) is 4.48. The second kappa shape index (κ2) is 8.76. The number of carbonyl (C=O) groups is 2. The van der Waals surface area contributed by atoms with E-state index < -0.39 is 0 Å². The lowest BCUT2D eigenvalue weighted by molar-refractivity contribution is -0.124. The number of nitrogens with one attached hydrogen (secondary N) is 1. The van der Waals surface area contributed by atoms with Crippen molar-refractivity contribution in [2.75, 3.05) is 50.8 Å². The summed E-state index contributed by atoms with van der Waals surface area (Å²) in [6.45, 7) is 5.11. The number of nitrogens with zero attached hydrogens (tertiary/aromatic N) is 5. The van der Waals surface area contributed by atoms with Crippen molar-refractivity contribution in [3.05, 3.63) is 36.5 Å². The molecule has 4 heterocycles. The topological polar surface area (TPSA) is 84.6 Å². The van der Waals surface area contributed by atoms with Crippen LogP contribution in [-0.2, 0) is 27.9 Å². The van der Waals surface area contributed by atoms with E-state index in [9.17, 15) is 9.59 Å². The molecule has 1 aromatic carbocycles. The van der Waals surface area contributed by atoms with Crippen LogP contribution in [0.3, 0.4) is 0 Å². The summed E-state index contributed by atoms with van der Waals surface area (Å²) in [5.74, 6) is 0.464. The van der Waals surface area contributed by atoms with E-state index in [-0.39, 0.29) is 18.4 Å². The van der Waals surface area contributed by atoms with E-state index in [1.54, 1.807) is 4.90 Å². The maximum Gasteiger partial charge on any atom is 0.240 e. The number of ether oxygens (including phenoxy) is 1. The van der Waals surface area contributed by atoms with Gasteiger partial charge in [-0.1, -0.05) is 18.2 Å². The molecule has 32 heavy (non-hydrogen) atoms. The number of amides is 2. The number of aromatic nitrogens is 3. The molecule has 1 fully saturated rings. The predicted molar refractivity (Wildman–Crippen MR) is 121 cm³/mol. The van der Waals surface area contributed by atoms with Crippen molar-refractivity contribution in [2.45, 2.75) is 13.0 Å². The van der Waals surface area contributed by atoms with Crippen molar-refractivity contribution in [1.29, 1.82) is 0 Å². The molecule has 2 aromatic heterocycles. The zero-order valence-corrected chi connectivity index (χ0v) is 18.3. The van der Waals surface area contributed by atoms with Gasteiger partial charge in [-0.2, -0.15) is 5.10 Å². The second-order valence-corrected chi connectivity index (χ2v) is 8.32. The van der Waals surface area contributed by atoms with Gasteiger partial charge >= 0.3 is 0 Å². The predicted octanol–water partition coefficient (Wildman–Crippen LogP) is 1.23. The number of hydrogen-bond acceptors (Lipinski definition) is 5. The molecule has 0 aliphatic carbocycles. The number of fused-ring (bicyclic) bond motifs is 2. The number of benzene rings is 1. The summed E-state index contributed by atoms with van der Waals surface area (Å²) in [4.78, 5) is 29.1. The molecule has 1 N–H and O–H groups in total. The molecule has 2 amide bonds. The quantitative estimate of drug-likeness (QED) is 0.628. The van der Waals surface area contributed by atoms with E-state index in [1.165, 1.54) is 0 Å². The molecule has 9 heteroatoms. The van der Waals surface area contributed by atoms with Crippen LogP contribution in [-0.4, -0.2) is 77.0 Å². The lowest BCUT2D eigenvalue weighted by Crippen LogP contribution is -2.46. The first kappa shape index (κ1) is 20.7. The molecule has 3 aromatic rings. The molecule has 5 rings (SSSR count). The van der Waals surface area contributed by atoms with Crippen molar-refractivity contribution in [3.8, 4) is 11.3 Å². The van der Waals surface area contributed by atoms with Crippen LogP contribution in [0.25, 0.3) is 22.2 Å². The number of morpholine rings is 1. The molecule has 1 saturated heterocycles. The lowest BCUT2D eigenvalue weighted by Gasteiger charge is -2.28. The number of aryl methyl sites for hydroxylation is 2. The highest BCUT2D eigenvalue weighted by Crippen LogP contribution is 2.33. The molecule has 168 valence electrons. The molecule has 2 aliphatic heterocycles. The van der Waals surface area contributed by atoms with Gasteiger partial charge in [0.05, 0.1) is 25.5 Å². The van der Waals surface area contributed by atoms with Gasteiger partial charge in [-0.15, -0.1) is 0 Å². The van der Waals surface area contributed by atoms with E-state index >= 15 is 0 Å². The van der Waals surface area contributed by atoms with Crippen molar-refractivity contribution in [1.82, 2.24) is 24.6 Å². The SMILES string of the molecule is Cn1cc(-c2cc3n(n2)CCC(=O)N3CC(=O)NCCN2CCOCC2)c2ccccc21. The van der Waals surface area contributed by atoms with E-state index in [1.807, 2.05) is 29.9 Å². The summed E-state index contributed by atoms with van der Waals surface area (Å²) < 4.78 is 9.26. The van der Waals surface area contributed by atoms with Gasteiger partial charge in [0.2, 0.25) is 11.8 Å². The molecule has 0 atom stereocenters. The van der Waals surface area contributed by atoms with Crippen LogP contribution in [0.5, 0.6) is 0 Å². The maximum atomic E-state index is 12.7. The number of carbonyl (C=O) groups excluding carboxylic acids is 2. The molecule has 0 spiro atoms. The van der Waals surface area contributed by atoms with Crippen LogP contribution in [0.1, 0.15) is 6.42 Å². The van der Waals surface area contributed by atoms with Gasteiger partial charge in [0.25, 0.3) is 0 Å². The largest absolute Gasteiger partial charge is 0.379 e. The minimum absolute atomic E-state index is 0.00259. The fraction of sp³-hybridized carbons (Fsp3) is 0.435. The van der Waals surface area contributed by atoms with Gasteiger partial charge in [0, 0.05) is 68.4 Å². The molecule has 2 aliphatic rings. The number of para-hydroxylation sites is 1. The van der Waals surface area contributed by atoms with E-state index in [4.69, 9.17) is 9.84 Å². The molecular formula is C23H28N6O3. The number of anilines is 1. The Bertz CT molecular complexity index is 1140. The van der Waals surface area contributed by atoms with Gasteiger partial charge in [-0.05, 0) is 6.07 Å². The first-order valence-corrected chi connectivity index (χ1v) is 11.1. The minimum Gasteiger partial charge on any atom is -0.379 e. The van der Waals surface area contributed by atoms with Crippen molar-refractivity contribution >= 4 is 28.5 Å². The second-order valence-electron chi connectivity index (χ2n) is 8.32. The third kappa shape index (κ3) is 4.01. The molecule has 0 bridgehead atoms. The van der Waals surface area contributed by atoms with Gasteiger partial charge < -0.3 is 14.6 Å². The van der Waals surface area contributed by atoms with Crippen molar-refractivity contribution < 1.29 is 14.3 Å². The summed E-state index contributed by atoms with van der Waals surface area (Å²) in [5.41, 5.74) is 2.96. The highest BCUT2D eigenvalue weighted by Gasteiger charge is 2.28. The normalized spacial score (nSPS) is 17.0. The molecule has 0 saturated carbocycles. The Kier molecular flexibility index (Phi) is 5.67. The van der Waals surface area contributed by atoms with Crippen LogP contribution < -0.4 is 10.2 Å². The molecular weight excluding hydrogens is 408 g/mol.